The van der Waals surface area contributed by atoms with E-state index >= 15 is 0 Å². The van der Waals surface area contributed by atoms with Crippen LogP contribution < -0.4 is 10.0 Å². The molecule has 0 aromatic heterocycles. The van der Waals surface area contributed by atoms with Crippen molar-refractivity contribution in [3.05, 3.63) is 33.9 Å². The van der Waals surface area contributed by atoms with Crippen molar-refractivity contribution < 1.29 is 13.3 Å². The highest BCUT2D eigenvalue weighted by Crippen LogP contribution is 2.24. The Morgan fingerprint density at radius 3 is 2.81 bits per heavy atom. The van der Waals surface area contributed by atoms with E-state index in [1.807, 2.05) is 0 Å². The Morgan fingerprint density at radius 1 is 1.43 bits per heavy atom. The van der Waals surface area contributed by atoms with Crippen LogP contribution in [-0.4, -0.2) is 32.5 Å². The highest BCUT2D eigenvalue weighted by atomic mass is 32.2. The van der Waals surface area contributed by atoms with Gasteiger partial charge < -0.3 is 5.32 Å². The van der Waals surface area contributed by atoms with E-state index in [9.17, 15) is 18.5 Å². The van der Waals surface area contributed by atoms with Gasteiger partial charge in [0.2, 0.25) is 10.0 Å². The zero-order chi connectivity index (χ0) is 15.5. The molecule has 0 spiro atoms. The molecule has 2 rings (SSSR count). The first-order chi connectivity index (χ1) is 9.92. The smallest absolute Gasteiger partial charge is 0.273 e. The van der Waals surface area contributed by atoms with Gasteiger partial charge in [0.15, 0.2) is 0 Å². The average Bonchev–Trinajstić information content (AvgIpc) is 2.46. The Balaban J connectivity index is 2.15. The lowest BCUT2D eigenvalue weighted by Gasteiger charge is -2.23. The fourth-order valence-electron chi connectivity index (χ4n) is 2.48. The largest absolute Gasteiger partial charge is 0.313 e. The maximum Gasteiger partial charge on any atom is 0.273 e. The van der Waals surface area contributed by atoms with Crippen molar-refractivity contribution in [2.45, 2.75) is 37.1 Å². The van der Waals surface area contributed by atoms with Gasteiger partial charge in [-0.2, -0.15) is 0 Å². The SMILES string of the molecule is Cc1c([N+](=O)[O-])cccc1S(=O)(=O)NCC1CCCCN1. The van der Waals surface area contributed by atoms with Crippen LogP contribution >= 0.6 is 0 Å². The molecule has 0 saturated carbocycles. The summed E-state index contributed by atoms with van der Waals surface area (Å²) in [5.74, 6) is 0. The molecule has 1 atom stereocenters. The van der Waals surface area contributed by atoms with Crippen LogP contribution in [0.4, 0.5) is 5.69 Å². The highest BCUT2D eigenvalue weighted by molar-refractivity contribution is 7.89. The summed E-state index contributed by atoms with van der Waals surface area (Å²) in [6, 6.07) is 4.20. The van der Waals surface area contributed by atoms with Crippen LogP contribution in [0.25, 0.3) is 0 Å². The van der Waals surface area contributed by atoms with E-state index in [4.69, 9.17) is 0 Å². The first kappa shape index (κ1) is 15.9. The zero-order valence-electron chi connectivity index (χ0n) is 11.8. The van der Waals surface area contributed by atoms with Gasteiger partial charge in [0.25, 0.3) is 5.69 Å². The van der Waals surface area contributed by atoms with Gasteiger partial charge in [-0.05, 0) is 32.4 Å². The summed E-state index contributed by atoms with van der Waals surface area (Å²) in [7, 11) is -3.74. The highest BCUT2D eigenvalue weighted by Gasteiger charge is 2.24. The van der Waals surface area contributed by atoms with Crippen molar-refractivity contribution in [1.29, 1.82) is 0 Å². The summed E-state index contributed by atoms with van der Waals surface area (Å²) in [4.78, 5) is 10.3. The molecule has 1 fully saturated rings. The van der Waals surface area contributed by atoms with Crippen molar-refractivity contribution in [3.8, 4) is 0 Å². The lowest BCUT2D eigenvalue weighted by atomic mass is 10.1. The summed E-state index contributed by atoms with van der Waals surface area (Å²) >= 11 is 0. The van der Waals surface area contributed by atoms with Crippen LogP contribution in [0, 0.1) is 17.0 Å². The molecule has 21 heavy (non-hydrogen) atoms. The quantitative estimate of drug-likeness (QED) is 0.630. The molecule has 2 N–H and O–H groups in total. The number of sulfonamides is 1. The molecule has 1 aromatic rings. The number of nitrogens with one attached hydrogen (secondary N) is 2. The van der Waals surface area contributed by atoms with Crippen LogP contribution in [0.5, 0.6) is 0 Å². The van der Waals surface area contributed by atoms with E-state index in [-0.39, 0.29) is 22.2 Å². The van der Waals surface area contributed by atoms with Gasteiger partial charge >= 0.3 is 0 Å². The predicted molar refractivity (Wildman–Crippen MR) is 78.7 cm³/mol. The van der Waals surface area contributed by atoms with Crippen LogP contribution in [0.2, 0.25) is 0 Å². The molecule has 1 heterocycles. The predicted octanol–water partition coefficient (Wildman–Crippen LogP) is 1.32. The second kappa shape index (κ2) is 6.50. The van der Waals surface area contributed by atoms with Crippen molar-refractivity contribution in [3.63, 3.8) is 0 Å². The molecule has 0 amide bonds. The van der Waals surface area contributed by atoms with Gasteiger partial charge in [0.05, 0.1) is 9.82 Å². The molecular formula is C13H19N3O4S. The minimum atomic E-state index is -3.74. The van der Waals surface area contributed by atoms with E-state index in [1.165, 1.54) is 25.1 Å². The number of rotatable bonds is 5. The van der Waals surface area contributed by atoms with Crippen LogP contribution in [0.15, 0.2) is 23.1 Å². The first-order valence-corrected chi connectivity index (χ1v) is 8.37. The first-order valence-electron chi connectivity index (χ1n) is 6.89. The number of hydrogen-bond acceptors (Lipinski definition) is 5. The number of piperidine rings is 1. The molecular weight excluding hydrogens is 294 g/mol. The Morgan fingerprint density at radius 2 is 2.19 bits per heavy atom. The van der Waals surface area contributed by atoms with E-state index in [0.29, 0.717) is 6.54 Å². The van der Waals surface area contributed by atoms with Crippen LogP contribution in [-0.2, 0) is 10.0 Å². The monoisotopic (exact) mass is 313 g/mol. The summed E-state index contributed by atoms with van der Waals surface area (Å²) < 4.78 is 27.2. The Kier molecular flexibility index (Phi) is 4.92. The molecule has 1 aromatic carbocycles. The molecule has 116 valence electrons. The van der Waals surface area contributed by atoms with Gasteiger partial charge in [-0.1, -0.05) is 12.5 Å². The molecule has 7 nitrogen and oxygen atoms in total. The van der Waals surface area contributed by atoms with E-state index in [2.05, 4.69) is 10.0 Å². The Bertz CT molecular complexity index is 624. The van der Waals surface area contributed by atoms with E-state index in [1.54, 1.807) is 0 Å². The normalized spacial score (nSPS) is 19.4. The average molecular weight is 313 g/mol. The Hall–Kier alpha value is -1.51. The molecule has 1 unspecified atom stereocenters. The topological polar surface area (TPSA) is 101 Å². The maximum absolute atomic E-state index is 12.3. The maximum atomic E-state index is 12.3. The third kappa shape index (κ3) is 3.78. The number of hydrogen-bond donors (Lipinski definition) is 2. The van der Waals surface area contributed by atoms with Crippen molar-refractivity contribution in [2.24, 2.45) is 0 Å². The molecule has 0 bridgehead atoms. The number of nitro groups is 1. The van der Waals surface area contributed by atoms with Gasteiger partial charge in [-0.3, -0.25) is 10.1 Å². The third-order valence-electron chi connectivity index (χ3n) is 3.67. The second-order valence-electron chi connectivity index (χ2n) is 5.16. The molecule has 0 radical (unpaired) electrons. The Labute approximate surface area is 123 Å². The standard InChI is InChI=1S/C13H19N3O4S/c1-10-12(16(17)18)6-4-7-13(10)21(19,20)15-9-11-5-2-3-8-14-11/h4,6-7,11,14-15H,2-3,5,8-9H2,1H3. The second-order valence-corrected chi connectivity index (χ2v) is 6.89. The van der Waals surface area contributed by atoms with Crippen molar-refractivity contribution in [2.75, 3.05) is 13.1 Å². The fourth-order valence-corrected chi connectivity index (χ4v) is 3.82. The number of nitrogens with zero attached hydrogens (tertiary/aromatic N) is 1. The summed E-state index contributed by atoms with van der Waals surface area (Å²) in [5.41, 5.74) is -0.0275. The molecule has 8 heteroatoms. The summed E-state index contributed by atoms with van der Waals surface area (Å²) in [6.45, 7) is 2.64. The number of nitro benzene ring substituents is 1. The molecule has 0 aliphatic carbocycles. The molecule has 1 aliphatic heterocycles. The number of benzene rings is 1. The van der Waals surface area contributed by atoms with Gasteiger partial charge in [0, 0.05) is 24.2 Å². The van der Waals surface area contributed by atoms with Crippen molar-refractivity contribution >= 4 is 15.7 Å². The zero-order valence-corrected chi connectivity index (χ0v) is 12.6. The van der Waals surface area contributed by atoms with Crippen LogP contribution in [0.1, 0.15) is 24.8 Å². The summed E-state index contributed by atoms with van der Waals surface area (Å²) in [6.07, 6.45) is 3.11. The van der Waals surface area contributed by atoms with Crippen LogP contribution in [0.3, 0.4) is 0 Å². The minimum Gasteiger partial charge on any atom is -0.313 e. The van der Waals surface area contributed by atoms with E-state index in [0.717, 1.165) is 25.8 Å². The van der Waals surface area contributed by atoms with Gasteiger partial charge in [0.1, 0.15) is 0 Å². The minimum absolute atomic E-state index is 0.0347. The third-order valence-corrected chi connectivity index (χ3v) is 5.24. The van der Waals surface area contributed by atoms with Gasteiger partial charge in [-0.25, -0.2) is 13.1 Å². The fraction of sp³-hybridized carbons (Fsp3) is 0.538. The lowest BCUT2D eigenvalue weighted by Crippen LogP contribution is -2.43. The van der Waals surface area contributed by atoms with Gasteiger partial charge in [-0.15, -0.1) is 0 Å². The molecule has 1 saturated heterocycles. The molecule has 1 aliphatic rings. The van der Waals surface area contributed by atoms with E-state index < -0.39 is 14.9 Å². The lowest BCUT2D eigenvalue weighted by molar-refractivity contribution is -0.385. The van der Waals surface area contributed by atoms with Crippen molar-refractivity contribution in [1.82, 2.24) is 10.0 Å². The summed E-state index contributed by atoms with van der Waals surface area (Å²) in [5, 5.41) is 14.1.